The van der Waals surface area contributed by atoms with Crippen LogP contribution in [-0.4, -0.2) is 10.3 Å². The van der Waals surface area contributed by atoms with Gasteiger partial charge in [-0.05, 0) is 30.6 Å². The number of nitrogens with one attached hydrogen (secondary N) is 1. The second-order valence-electron chi connectivity index (χ2n) is 3.08. The predicted octanol–water partition coefficient (Wildman–Crippen LogP) is 1.97. The number of nitrogens with zero attached hydrogens (tertiary/aromatic N) is 1. The number of aromatic nitrogens is 1. The van der Waals surface area contributed by atoms with Crippen molar-refractivity contribution in [1.82, 2.24) is 9.69 Å². The number of furan rings is 1. The van der Waals surface area contributed by atoms with Crippen LogP contribution in [0.2, 0.25) is 0 Å². The average Bonchev–Trinajstić information content (AvgIpc) is 2.84. The van der Waals surface area contributed by atoms with Crippen molar-refractivity contribution in [3.05, 3.63) is 40.8 Å². The molecule has 5 heteroatoms. The summed E-state index contributed by atoms with van der Waals surface area (Å²) in [5.74, 6) is 0.627. The number of hydrogen-bond donors (Lipinski definition) is 1. The maximum atomic E-state index is 11.6. The van der Waals surface area contributed by atoms with E-state index in [4.69, 9.17) is 4.42 Å². The minimum atomic E-state index is -0.113. The normalized spacial score (nSPS) is 10.2. The summed E-state index contributed by atoms with van der Waals surface area (Å²) in [6, 6.07) is 3.61. The molecule has 0 radical (unpaired) electrons. The van der Waals surface area contributed by atoms with Crippen LogP contribution in [0.3, 0.4) is 0 Å². The van der Waals surface area contributed by atoms with Crippen molar-refractivity contribution in [3.8, 4) is 0 Å². The van der Waals surface area contributed by atoms with Gasteiger partial charge in [0.15, 0.2) is 0 Å². The molecule has 2 heterocycles. The Morgan fingerprint density at radius 3 is 3.13 bits per heavy atom. The summed E-state index contributed by atoms with van der Waals surface area (Å²) in [7, 11) is 0. The number of amides is 1. The highest BCUT2D eigenvalue weighted by Crippen LogP contribution is 2.09. The lowest BCUT2D eigenvalue weighted by Crippen LogP contribution is -2.22. The van der Waals surface area contributed by atoms with Crippen LogP contribution >= 0.6 is 11.5 Å². The van der Waals surface area contributed by atoms with Crippen LogP contribution in [-0.2, 0) is 6.54 Å². The Labute approximate surface area is 91.1 Å². The van der Waals surface area contributed by atoms with Crippen LogP contribution in [0.5, 0.6) is 0 Å². The number of rotatable bonds is 3. The molecule has 0 bridgehead atoms. The van der Waals surface area contributed by atoms with Gasteiger partial charge in [0.1, 0.15) is 5.76 Å². The highest BCUT2D eigenvalue weighted by atomic mass is 32.1. The summed E-state index contributed by atoms with van der Waals surface area (Å²) in [5.41, 5.74) is 1.39. The van der Waals surface area contributed by atoms with Crippen LogP contribution < -0.4 is 5.32 Å². The van der Waals surface area contributed by atoms with Crippen LogP contribution in [0.1, 0.15) is 21.8 Å². The zero-order chi connectivity index (χ0) is 10.7. The van der Waals surface area contributed by atoms with Crippen LogP contribution in [0, 0.1) is 6.92 Å². The van der Waals surface area contributed by atoms with Crippen molar-refractivity contribution in [2.45, 2.75) is 13.5 Å². The molecule has 1 N–H and O–H groups in total. The molecule has 78 valence electrons. The van der Waals surface area contributed by atoms with E-state index >= 15 is 0 Å². The SMILES string of the molecule is Cc1nscc1C(=O)NCc1ccco1. The Bertz CT molecular complexity index is 448. The predicted molar refractivity (Wildman–Crippen MR) is 56.7 cm³/mol. The van der Waals surface area contributed by atoms with E-state index in [0.717, 1.165) is 11.5 Å². The Morgan fingerprint density at radius 2 is 2.53 bits per heavy atom. The van der Waals surface area contributed by atoms with Gasteiger partial charge in [0.25, 0.3) is 5.91 Å². The second kappa shape index (κ2) is 4.27. The van der Waals surface area contributed by atoms with Crippen molar-refractivity contribution in [3.63, 3.8) is 0 Å². The van der Waals surface area contributed by atoms with Gasteiger partial charge in [-0.1, -0.05) is 0 Å². The van der Waals surface area contributed by atoms with E-state index in [9.17, 15) is 4.79 Å². The van der Waals surface area contributed by atoms with Crippen LogP contribution in [0.4, 0.5) is 0 Å². The first-order valence-electron chi connectivity index (χ1n) is 4.49. The summed E-state index contributed by atoms with van der Waals surface area (Å²) in [5, 5.41) is 4.51. The quantitative estimate of drug-likeness (QED) is 0.863. The summed E-state index contributed by atoms with van der Waals surface area (Å²) >= 11 is 1.28. The third-order valence-corrected chi connectivity index (χ3v) is 2.72. The number of aryl methyl sites for hydroxylation is 1. The molecule has 4 nitrogen and oxygen atoms in total. The zero-order valence-electron chi connectivity index (χ0n) is 8.19. The van der Waals surface area contributed by atoms with E-state index in [-0.39, 0.29) is 5.91 Å². The fraction of sp³-hybridized carbons (Fsp3) is 0.200. The van der Waals surface area contributed by atoms with Gasteiger partial charge < -0.3 is 9.73 Å². The average molecular weight is 222 g/mol. The largest absolute Gasteiger partial charge is 0.467 e. The molecule has 0 aromatic carbocycles. The van der Waals surface area contributed by atoms with E-state index in [1.54, 1.807) is 17.7 Å². The fourth-order valence-electron chi connectivity index (χ4n) is 1.19. The van der Waals surface area contributed by atoms with Gasteiger partial charge in [-0.15, -0.1) is 0 Å². The van der Waals surface area contributed by atoms with Crippen molar-refractivity contribution in [2.75, 3.05) is 0 Å². The molecular weight excluding hydrogens is 212 g/mol. The molecule has 0 saturated heterocycles. The minimum Gasteiger partial charge on any atom is -0.467 e. The molecule has 0 spiro atoms. The van der Waals surface area contributed by atoms with Crippen molar-refractivity contribution in [2.24, 2.45) is 0 Å². The maximum absolute atomic E-state index is 11.6. The van der Waals surface area contributed by atoms with Crippen molar-refractivity contribution >= 4 is 17.4 Å². The lowest BCUT2D eigenvalue weighted by molar-refractivity contribution is 0.0947. The zero-order valence-corrected chi connectivity index (χ0v) is 9.00. The van der Waals surface area contributed by atoms with E-state index in [1.165, 1.54) is 11.5 Å². The molecule has 0 unspecified atom stereocenters. The molecule has 0 aliphatic carbocycles. The van der Waals surface area contributed by atoms with Gasteiger partial charge in [-0.25, -0.2) is 0 Å². The highest BCUT2D eigenvalue weighted by molar-refractivity contribution is 7.03. The van der Waals surface area contributed by atoms with Gasteiger partial charge in [0, 0.05) is 5.38 Å². The Kier molecular flexibility index (Phi) is 2.82. The summed E-state index contributed by atoms with van der Waals surface area (Å²) in [6.45, 7) is 2.22. The van der Waals surface area contributed by atoms with Crippen LogP contribution in [0.25, 0.3) is 0 Å². The Balaban J connectivity index is 1.96. The second-order valence-corrected chi connectivity index (χ2v) is 3.70. The monoisotopic (exact) mass is 222 g/mol. The highest BCUT2D eigenvalue weighted by Gasteiger charge is 2.10. The first-order chi connectivity index (χ1) is 7.27. The standard InChI is InChI=1S/C10H10N2O2S/c1-7-9(6-15-12-7)10(13)11-5-8-3-2-4-14-8/h2-4,6H,5H2,1H3,(H,11,13). The van der Waals surface area contributed by atoms with Crippen LogP contribution in [0.15, 0.2) is 28.2 Å². The molecular formula is C10H10N2O2S. The summed E-state index contributed by atoms with van der Waals surface area (Å²) in [4.78, 5) is 11.6. The molecule has 0 atom stereocenters. The van der Waals surface area contributed by atoms with Crippen molar-refractivity contribution in [1.29, 1.82) is 0 Å². The molecule has 15 heavy (non-hydrogen) atoms. The molecule has 0 saturated carbocycles. The van der Waals surface area contributed by atoms with Gasteiger partial charge in [-0.2, -0.15) is 4.37 Å². The van der Waals surface area contributed by atoms with Gasteiger partial charge >= 0.3 is 0 Å². The van der Waals surface area contributed by atoms with E-state index in [2.05, 4.69) is 9.69 Å². The molecule has 1 amide bonds. The molecule has 0 fully saturated rings. The van der Waals surface area contributed by atoms with Gasteiger partial charge in [0.05, 0.1) is 24.1 Å². The maximum Gasteiger partial charge on any atom is 0.254 e. The number of carbonyl (C=O) groups excluding carboxylic acids is 1. The van der Waals surface area contributed by atoms with Gasteiger partial charge in [0.2, 0.25) is 0 Å². The van der Waals surface area contributed by atoms with E-state index < -0.39 is 0 Å². The molecule has 2 aromatic rings. The topological polar surface area (TPSA) is 55.1 Å². The smallest absolute Gasteiger partial charge is 0.254 e. The summed E-state index contributed by atoms with van der Waals surface area (Å²) < 4.78 is 9.14. The third kappa shape index (κ3) is 2.24. The van der Waals surface area contributed by atoms with Crippen molar-refractivity contribution < 1.29 is 9.21 Å². The van der Waals surface area contributed by atoms with E-state index in [0.29, 0.717) is 12.1 Å². The molecule has 0 aliphatic heterocycles. The third-order valence-electron chi connectivity index (χ3n) is 2.00. The molecule has 2 rings (SSSR count). The Morgan fingerprint density at radius 1 is 1.67 bits per heavy atom. The summed E-state index contributed by atoms with van der Waals surface area (Å²) in [6.07, 6.45) is 1.58. The number of hydrogen-bond acceptors (Lipinski definition) is 4. The lowest BCUT2D eigenvalue weighted by atomic mass is 10.2. The molecule has 2 aromatic heterocycles. The first kappa shape index (κ1) is 9.92. The molecule has 0 aliphatic rings. The first-order valence-corrected chi connectivity index (χ1v) is 5.32. The van der Waals surface area contributed by atoms with Gasteiger partial charge in [-0.3, -0.25) is 4.79 Å². The Hall–Kier alpha value is -1.62. The van der Waals surface area contributed by atoms with E-state index in [1.807, 2.05) is 13.0 Å². The number of carbonyl (C=O) groups is 1. The lowest BCUT2D eigenvalue weighted by Gasteiger charge is -2.01. The fourth-order valence-corrected chi connectivity index (χ4v) is 1.88. The minimum absolute atomic E-state index is 0.113.